The summed E-state index contributed by atoms with van der Waals surface area (Å²) in [4.78, 5) is 0. The first-order valence-corrected chi connectivity index (χ1v) is 9.28. The Hall–Kier alpha value is -2.46. The molecule has 1 aromatic carbocycles. The summed E-state index contributed by atoms with van der Waals surface area (Å²) in [5, 5.41) is 16.3. The van der Waals surface area contributed by atoms with Gasteiger partial charge in [0.2, 0.25) is 11.0 Å². The van der Waals surface area contributed by atoms with Crippen LogP contribution in [-0.2, 0) is 6.54 Å². The zero-order valence-electron chi connectivity index (χ0n) is 14.4. The monoisotopic (exact) mass is 412 g/mol. The molecule has 0 amide bonds. The number of methoxy groups -OCH3 is 1. The number of benzene rings is 1. The van der Waals surface area contributed by atoms with E-state index in [4.69, 9.17) is 16.3 Å². The Morgan fingerprint density at radius 1 is 1.37 bits per heavy atom. The van der Waals surface area contributed by atoms with Crippen LogP contribution in [0.25, 0.3) is 0 Å². The third kappa shape index (κ3) is 4.45. The lowest BCUT2D eigenvalue weighted by molar-refractivity contribution is 0.135. The molecule has 3 rings (SSSR count). The summed E-state index contributed by atoms with van der Waals surface area (Å²) in [6.07, 6.45) is 3.64. The zero-order chi connectivity index (χ0) is 19.4. The highest BCUT2D eigenvalue weighted by atomic mass is 35.5. The minimum absolute atomic E-state index is 0.279. The quantitative estimate of drug-likeness (QED) is 0.437. The number of thioether (sulfide) groups is 1. The molecule has 0 aliphatic carbocycles. The third-order valence-electron chi connectivity index (χ3n) is 3.57. The largest absolute Gasteiger partial charge is 0.496 e. The average molecular weight is 413 g/mol. The zero-order valence-corrected chi connectivity index (χ0v) is 16.0. The number of alkyl halides is 2. The standard InChI is InChI=1S/C16H15ClF2N6OS/c1-26-13-4-3-10(5-11(13)8-24-9-12(17)7-20-24)6-21-25-15(14(18)19)22-23-16(25)27-2/h3-7,9,14H,8H2,1-2H3/b21-6+. The van der Waals surface area contributed by atoms with Crippen LogP contribution in [0.3, 0.4) is 0 Å². The van der Waals surface area contributed by atoms with E-state index < -0.39 is 12.2 Å². The summed E-state index contributed by atoms with van der Waals surface area (Å²) in [6, 6.07) is 5.38. The molecule has 2 aromatic heterocycles. The van der Waals surface area contributed by atoms with Gasteiger partial charge in [-0.2, -0.15) is 14.9 Å². The summed E-state index contributed by atoms with van der Waals surface area (Å²) in [7, 11) is 1.57. The van der Waals surface area contributed by atoms with Gasteiger partial charge in [0.05, 0.1) is 31.1 Å². The van der Waals surface area contributed by atoms with Crippen LogP contribution in [0, 0.1) is 0 Å². The molecule has 0 spiro atoms. The van der Waals surface area contributed by atoms with E-state index >= 15 is 0 Å². The van der Waals surface area contributed by atoms with Crippen molar-refractivity contribution in [3.05, 3.63) is 52.6 Å². The lowest BCUT2D eigenvalue weighted by Gasteiger charge is -2.09. The van der Waals surface area contributed by atoms with Crippen LogP contribution in [0.5, 0.6) is 5.75 Å². The third-order valence-corrected chi connectivity index (χ3v) is 4.39. The Morgan fingerprint density at radius 2 is 2.19 bits per heavy atom. The number of halogens is 3. The van der Waals surface area contributed by atoms with Gasteiger partial charge in [0, 0.05) is 11.8 Å². The molecule has 0 radical (unpaired) electrons. The topological polar surface area (TPSA) is 70.1 Å². The van der Waals surface area contributed by atoms with Gasteiger partial charge in [0.1, 0.15) is 5.75 Å². The minimum Gasteiger partial charge on any atom is -0.496 e. The molecule has 3 aromatic rings. The highest BCUT2D eigenvalue weighted by Gasteiger charge is 2.19. The Bertz CT molecular complexity index is 958. The van der Waals surface area contributed by atoms with Crippen molar-refractivity contribution in [3.63, 3.8) is 0 Å². The molecular weight excluding hydrogens is 398 g/mol. The van der Waals surface area contributed by atoms with Gasteiger partial charge < -0.3 is 4.74 Å². The van der Waals surface area contributed by atoms with E-state index in [1.165, 1.54) is 18.0 Å². The number of nitrogens with zero attached hydrogens (tertiary/aromatic N) is 6. The maximum atomic E-state index is 13.1. The van der Waals surface area contributed by atoms with Gasteiger partial charge in [-0.05, 0) is 30.0 Å². The second kappa shape index (κ2) is 8.49. The van der Waals surface area contributed by atoms with Gasteiger partial charge in [-0.1, -0.05) is 23.4 Å². The minimum atomic E-state index is -2.77. The normalized spacial score (nSPS) is 11.6. The van der Waals surface area contributed by atoms with E-state index in [-0.39, 0.29) is 5.16 Å². The van der Waals surface area contributed by atoms with Gasteiger partial charge in [-0.3, -0.25) is 4.68 Å². The Kier molecular flexibility index (Phi) is 6.07. The van der Waals surface area contributed by atoms with Gasteiger partial charge in [-0.25, -0.2) is 8.78 Å². The molecule has 27 heavy (non-hydrogen) atoms. The molecule has 142 valence electrons. The number of rotatable bonds is 7. The van der Waals surface area contributed by atoms with Crippen molar-refractivity contribution in [1.29, 1.82) is 0 Å². The first-order chi connectivity index (χ1) is 13.0. The number of ether oxygens (including phenoxy) is 1. The van der Waals surface area contributed by atoms with Gasteiger partial charge in [0.15, 0.2) is 0 Å². The molecule has 11 heteroatoms. The average Bonchev–Trinajstić information content (AvgIpc) is 3.25. The van der Waals surface area contributed by atoms with Crippen LogP contribution in [0.4, 0.5) is 8.78 Å². The molecule has 0 saturated carbocycles. The first-order valence-electron chi connectivity index (χ1n) is 7.68. The van der Waals surface area contributed by atoms with Crippen LogP contribution >= 0.6 is 23.4 Å². The van der Waals surface area contributed by atoms with Gasteiger partial charge in [0.25, 0.3) is 6.43 Å². The van der Waals surface area contributed by atoms with Crippen LogP contribution in [0.15, 0.2) is 40.9 Å². The molecule has 0 atom stereocenters. The summed E-state index contributed by atoms with van der Waals surface area (Å²) in [5.74, 6) is 0.164. The van der Waals surface area contributed by atoms with Crippen molar-refractivity contribution in [2.45, 2.75) is 18.1 Å². The van der Waals surface area contributed by atoms with E-state index in [1.54, 1.807) is 42.6 Å². The van der Waals surface area contributed by atoms with E-state index in [0.29, 0.717) is 22.9 Å². The van der Waals surface area contributed by atoms with Crippen molar-refractivity contribution in [3.8, 4) is 5.75 Å². The van der Waals surface area contributed by atoms with Gasteiger partial charge >= 0.3 is 0 Å². The predicted octanol–water partition coefficient (Wildman–Crippen LogP) is 3.73. The Labute approximate surface area is 163 Å². The smallest absolute Gasteiger partial charge is 0.299 e. The molecule has 0 aliphatic heterocycles. The van der Waals surface area contributed by atoms with Crippen LogP contribution in [-0.4, -0.2) is 44.2 Å². The van der Waals surface area contributed by atoms with E-state index in [0.717, 1.165) is 10.2 Å². The summed E-state index contributed by atoms with van der Waals surface area (Å²) in [6.45, 7) is 0.433. The van der Waals surface area contributed by atoms with Crippen LogP contribution < -0.4 is 4.74 Å². The summed E-state index contributed by atoms with van der Waals surface area (Å²) < 4.78 is 34.2. The molecular formula is C16H15ClF2N6OS. The van der Waals surface area contributed by atoms with Crippen molar-refractivity contribution in [2.24, 2.45) is 5.10 Å². The van der Waals surface area contributed by atoms with E-state index in [9.17, 15) is 8.78 Å². The Morgan fingerprint density at radius 3 is 2.81 bits per heavy atom. The number of hydrogen-bond donors (Lipinski definition) is 0. The number of hydrogen-bond acceptors (Lipinski definition) is 6. The van der Waals surface area contributed by atoms with Crippen LogP contribution in [0.2, 0.25) is 5.02 Å². The fourth-order valence-corrected chi connectivity index (χ4v) is 2.97. The second-order valence-corrected chi connectivity index (χ2v) is 6.54. The number of aromatic nitrogens is 5. The summed E-state index contributed by atoms with van der Waals surface area (Å²) >= 11 is 7.07. The molecule has 0 N–H and O–H groups in total. The Balaban J connectivity index is 1.90. The van der Waals surface area contributed by atoms with Crippen molar-refractivity contribution in [1.82, 2.24) is 24.7 Å². The SMILES string of the molecule is COc1ccc(/C=N/n2c(SC)nnc2C(F)F)cc1Cn1cc(Cl)cn1. The molecule has 0 saturated heterocycles. The van der Waals surface area contributed by atoms with Gasteiger partial charge in [-0.15, -0.1) is 10.2 Å². The highest BCUT2D eigenvalue weighted by molar-refractivity contribution is 7.98. The van der Waals surface area contributed by atoms with E-state index in [2.05, 4.69) is 20.4 Å². The van der Waals surface area contributed by atoms with Crippen molar-refractivity contribution < 1.29 is 13.5 Å². The molecule has 0 aliphatic rings. The fourth-order valence-electron chi connectivity index (χ4n) is 2.37. The summed E-state index contributed by atoms with van der Waals surface area (Å²) in [5.41, 5.74) is 1.54. The molecule has 0 bridgehead atoms. The lowest BCUT2D eigenvalue weighted by Crippen LogP contribution is -2.04. The maximum Gasteiger partial charge on any atom is 0.299 e. The lowest BCUT2D eigenvalue weighted by atomic mass is 10.1. The van der Waals surface area contributed by atoms with E-state index in [1.807, 2.05) is 6.07 Å². The maximum absolute atomic E-state index is 13.1. The molecule has 7 nitrogen and oxygen atoms in total. The first kappa shape index (κ1) is 19.3. The fraction of sp³-hybridized carbons (Fsp3) is 0.250. The molecule has 0 fully saturated rings. The molecule has 0 unspecified atom stereocenters. The second-order valence-electron chi connectivity index (χ2n) is 5.33. The van der Waals surface area contributed by atoms with Crippen molar-refractivity contribution in [2.75, 3.05) is 13.4 Å². The van der Waals surface area contributed by atoms with Crippen LogP contribution in [0.1, 0.15) is 23.4 Å². The molecule has 2 heterocycles. The van der Waals surface area contributed by atoms with Crippen molar-refractivity contribution >= 4 is 29.6 Å². The predicted molar refractivity (Wildman–Crippen MR) is 99.1 cm³/mol. The highest BCUT2D eigenvalue weighted by Crippen LogP contribution is 2.23.